The van der Waals surface area contributed by atoms with Gasteiger partial charge in [0.05, 0.1) is 36.6 Å². The Labute approximate surface area is 157 Å². The summed E-state index contributed by atoms with van der Waals surface area (Å²) in [5.74, 6) is 1.27. The second-order valence-corrected chi connectivity index (χ2v) is 6.77. The molecule has 1 fully saturated rings. The first-order valence-corrected chi connectivity index (χ1v) is 8.90. The summed E-state index contributed by atoms with van der Waals surface area (Å²) in [5.41, 5.74) is 3.61. The molecule has 1 amide bonds. The van der Waals surface area contributed by atoms with Gasteiger partial charge in [-0.15, -0.1) is 0 Å². The number of methoxy groups -OCH3 is 2. The van der Waals surface area contributed by atoms with E-state index in [0.717, 1.165) is 35.3 Å². The Morgan fingerprint density at radius 3 is 2.70 bits per heavy atom. The van der Waals surface area contributed by atoms with Crippen LogP contribution < -0.4 is 14.8 Å². The van der Waals surface area contributed by atoms with E-state index >= 15 is 0 Å². The van der Waals surface area contributed by atoms with E-state index in [1.54, 1.807) is 31.0 Å². The van der Waals surface area contributed by atoms with Crippen LogP contribution in [0, 0.1) is 6.92 Å². The number of hydrogen-bond acceptors (Lipinski definition) is 5. The third-order valence-corrected chi connectivity index (χ3v) is 4.88. The molecule has 0 bridgehead atoms. The first-order valence-electron chi connectivity index (χ1n) is 8.90. The van der Waals surface area contributed by atoms with Crippen molar-refractivity contribution in [2.75, 3.05) is 19.5 Å². The Hall–Kier alpha value is -3.09. The minimum Gasteiger partial charge on any atom is -0.493 e. The maximum absolute atomic E-state index is 13.2. The molecule has 1 aliphatic carbocycles. The van der Waals surface area contributed by atoms with Crippen LogP contribution in [0.4, 0.5) is 5.69 Å². The smallest absolute Gasteiger partial charge is 0.256 e. The fourth-order valence-corrected chi connectivity index (χ4v) is 3.41. The molecule has 1 N–H and O–H groups in total. The summed E-state index contributed by atoms with van der Waals surface area (Å²) in [6.45, 7) is 1.89. The van der Waals surface area contributed by atoms with Gasteiger partial charge >= 0.3 is 0 Å². The first-order chi connectivity index (χ1) is 13.0. The normalized spacial score (nSPS) is 13.6. The van der Waals surface area contributed by atoms with Crippen molar-refractivity contribution < 1.29 is 14.3 Å². The van der Waals surface area contributed by atoms with Crippen LogP contribution in [-0.4, -0.2) is 34.9 Å². The van der Waals surface area contributed by atoms with Crippen LogP contribution in [0.2, 0.25) is 0 Å². The lowest BCUT2D eigenvalue weighted by Crippen LogP contribution is -2.14. The van der Waals surface area contributed by atoms with E-state index in [-0.39, 0.29) is 5.91 Å². The number of carbonyl (C=O) groups is 1. The van der Waals surface area contributed by atoms with Crippen molar-refractivity contribution in [1.82, 2.24) is 14.8 Å². The van der Waals surface area contributed by atoms with Gasteiger partial charge in [0.1, 0.15) is 0 Å². The summed E-state index contributed by atoms with van der Waals surface area (Å²) in [6.07, 6.45) is 2.22. The molecule has 1 aromatic carbocycles. The minimum absolute atomic E-state index is 0.216. The van der Waals surface area contributed by atoms with Crippen molar-refractivity contribution in [2.45, 2.75) is 25.7 Å². The summed E-state index contributed by atoms with van der Waals surface area (Å²) < 4.78 is 12.5. The van der Waals surface area contributed by atoms with Crippen LogP contribution >= 0.6 is 0 Å². The molecular weight excluding hydrogens is 344 g/mol. The SMILES string of the molecule is COc1cccc(NC(=O)c2cc(C3CC3)nc3c2c(C)nn3C)c1OC. The van der Waals surface area contributed by atoms with Crippen LogP contribution in [0.5, 0.6) is 11.5 Å². The predicted octanol–water partition coefficient (Wildman–Crippen LogP) is 3.42. The molecule has 2 aromatic heterocycles. The highest BCUT2D eigenvalue weighted by Gasteiger charge is 2.28. The van der Waals surface area contributed by atoms with Gasteiger partial charge in [-0.2, -0.15) is 5.10 Å². The Morgan fingerprint density at radius 1 is 1.26 bits per heavy atom. The second kappa shape index (κ2) is 6.57. The van der Waals surface area contributed by atoms with E-state index < -0.39 is 0 Å². The largest absolute Gasteiger partial charge is 0.493 e. The molecule has 0 radical (unpaired) electrons. The number of ether oxygens (including phenoxy) is 2. The van der Waals surface area contributed by atoms with Gasteiger partial charge in [0.25, 0.3) is 5.91 Å². The monoisotopic (exact) mass is 366 g/mol. The van der Waals surface area contributed by atoms with Crippen LogP contribution in [-0.2, 0) is 7.05 Å². The number of pyridine rings is 1. The van der Waals surface area contributed by atoms with E-state index in [1.807, 2.05) is 26.1 Å². The van der Waals surface area contributed by atoms with Crippen molar-refractivity contribution in [1.29, 1.82) is 0 Å². The van der Waals surface area contributed by atoms with Crippen LogP contribution in [0.1, 0.15) is 40.5 Å². The highest BCUT2D eigenvalue weighted by molar-refractivity contribution is 6.13. The van der Waals surface area contributed by atoms with E-state index in [9.17, 15) is 4.79 Å². The number of aryl methyl sites for hydroxylation is 2. The minimum atomic E-state index is -0.216. The molecule has 2 heterocycles. The molecule has 140 valence electrons. The average Bonchev–Trinajstić information content (AvgIpc) is 3.47. The van der Waals surface area contributed by atoms with E-state index in [0.29, 0.717) is 28.7 Å². The Bertz CT molecular complexity index is 1040. The van der Waals surface area contributed by atoms with Crippen molar-refractivity contribution >= 4 is 22.6 Å². The van der Waals surface area contributed by atoms with Crippen LogP contribution in [0.15, 0.2) is 24.3 Å². The number of hydrogen-bond donors (Lipinski definition) is 1. The standard InChI is InChI=1S/C20H22N4O3/c1-11-17-13(10-15(12-8-9-12)21-19(17)24(2)23-11)20(25)22-14-6-5-7-16(26-3)18(14)27-4/h5-7,10,12H,8-9H2,1-4H3,(H,22,25). The number of benzene rings is 1. The molecule has 7 nitrogen and oxygen atoms in total. The molecule has 0 atom stereocenters. The molecule has 0 unspecified atom stereocenters. The van der Waals surface area contributed by atoms with E-state index in [2.05, 4.69) is 10.4 Å². The molecule has 1 aliphatic rings. The van der Waals surface area contributed by atoms with Crippen molar-refractivity contribution in [3.8, 4) is 11.5 Å². The first kappa shape index (κ1) is 17.3. The van der Waals surface area contributed by atoms with Gasteiger partial charge < -0.3 is 14.8 Å². The summed E-state index contributed by atoms with van der Waals surface area (Å²) in [4.78, 5) is 17.9. The zero-order chi connectivity index (χ0) is 19.1. The number of carbonyl (C=O) groups excluding carboxylic acids is 1. The van der Waals surface area contributed by atoms with Gasteiger partial charge in [0.15, 0.2) is 17.1 Å². The topological polar surface area (TPSA) is 78.3 Å². The molecule has 3 aromatic rings. The third kappa shape index (κ3) is 2.99. The van der Waals surface area contributed by atoms with Crippen LogP contribution in [0.3, 0.4) is 0 Å². The number of rotatable bonds is 5. The molecule has 27 heavy (non-hydrogen) atoms. The molecule has 0 saturated heterocycles. The lowest BCUT2D eigenvalue weighted by atomic mass is 10.1. The lowest BCUT2D eigenvalue weighted by Gasteiger charge is -2.14. The molecule has 1 saturated carbocycles. The van der Waals surface area contributed by atoms with E-state index in [1.165, 1.54) is 0 Å². The summed E-state index contributed by atoms with van der Waals surface area (Å²) in [6, 6.07) is 7.28. The lowest BCUT2D eigenvalue weighted by molar-refractivity contribution is 0.102. The Morgan fingerprint density at radius 2 is 2.04 bits per heavy atom. The van der Waals surface area contributed by atoms with E-state index in [4.69, 9.17) is 14.5 Å². The van der Waals surface area contributed by atoms with Gasteiger partial charge in [0, 0.05) is 18.7 Å². The Balaban J connectivity index is 1.79. The summed E-state index contributed by atoms with van der Waals surface area (Å²) in [7, 11) is 4.97. The quantitative estimate of drug-likeness (QED) is 0.748. The Kier molecular flexibility index (Phi) is 4.22. The van der Waals surface area contributed by atoms with Gasteiger partial charge in [-0.3, -0.25) is 9.48 Å². The van der Waals surface area contributed by atoms with Gasteiger partial charge in [-0.25, -0.2) is 4.98 Å². The van der Waals surface area contributed by atoms with Crippen molar-refractivity contribution in [2.24, 2.45) is 7.05 Å². The number of nitrogens with one attached hydrogen (secondary N) is 1. The number of nitrogens with zero attached hydrogens (tertiary/aromatic N) is 3. The number of fused-ring (bicyclic) bond motifs is 1. The molecule has 4 rings (SSSR count). The van der Waals surface area contributed by atoms with Crippen molar-refractivity contribution in [3.63, 3.8) is 0 Å². The highest BCUT2D eigenvalue weighted by Crippen LogP contribution is 2.41. The maximum atomic E-state index is 13.2. The van der Waals surface area contributed by atoms with Crippen molar-refractivity contribution in [3.05, 3.63) is 41.2 Å². The zero-order valence-corrected chi connectivity index (χ0v) is 15.9. The summed E-state index contributed by atoms with van der Waals surface area (Å²) >= 11 is 0. The highest BCUT2D eigenvalue weighted by atomic mass is 16.5. The number of aromatic nitrogens is 3. The average molecular weight is 366 g/mol. The predicted molar refractivity (Wildman–Crippen MR) is 103 cm³/mol. The number of amides is 1. The molecule has 7 heteroatoms. The molecular formula is C20H22N4O3. The zero-order valence-electron chi connectivity index (χ0n) is 15.9. The fraction of sp³-hybridized carbons (Fsp3) is 0.350. The van der Waals surface area contributed by atoms with Crippen LogP contribution in [0.25, 0.3) is 11.0 Å². The third-order valence-electron chi connectivity index (χ3n) is 4.88. The second-order valence-electron chi connectivity index (χ2n) is 6.77. The van der Waals surface area contributed by atoms with Gasteiger partial charge in [0.2, 0.25) is 0 Å². The number of para-hydroxylation sites is 1. The summed E-state index contributed by atoms with van der Waals surface area (Å²) in [5, 5.41) is 8.19. The fourth-order valence-electron chi connectivity index (χ4n) is 3.41. The van der Waals surface area contributed by atoms with Gasteiger partial charge in [-0.05, 0) is 38.0 Å². The molecule has 0 aliphatic heterocycles. The maximum Gasteiger partial charge on any atom is 0.256 e. The molecule has 0 spiro atoms. The number of anilines is 1. The van der Waals surface area contributed by atoms with Gasteiger partial charge in [-0.1, -0.05) is 6.07 Å².